The van der Waals surface area contributed by atoms with Crippen LogP contribution in [0.5, 0.6) is 0 Å². The Morgan fingerprint density at radius 3 is 1.43 bits per heavy atom. The first kappa shape index (κ1) is 33.0. The van der Waals surface area contributed by atoms with E-state index >= 15 is 0 Å². The van der Waals surface area contributed by atoms with Gasteiger partial charge in [0.15, 0.2) is 6.23 Å². The summed E-state index contributed by atoms with van der Waals surface area (Å²) in [6.07, 6.45) is 0.561. The fourth-order valence-corrected chi connectivity index (χ4v) is 2.82. The molecule has 3 amide bonds. The van der Waals surface area contributed by atoms with Crippen molar-refractivity contribution in [3.05, 3.63) is 12.2 Å². The number of nitrogens with zero attached hydrogens (tertiary/aromatic N) is 2. The lowest BCUT2D eigenvalue weighted by atomic mass is 10.4. The van der Waals surface area contributed by atoms with Crippen molar-refractivity contribution in [2.45, 2.75) is 19.6 Å². The number of hydrogen-bond donors (Lipinski definition) is 2. The Morgan fingerprint density at radius 2 is 1.08 bits per heavy atom. The normalized spacial score (nSPS) is 14.1. The molecule has 0 aliphatic carbocycles. The van der Waals surface area contributed by atoms with Gasteiger partial charge in [-0.1, -0.05) is 6.92 Å². The summed E-state index contributed by atoms with van der Waals surface area (Å²) in [5, 5.41) is 20.1. The van der Waals surface area contributed by atoms with Crippen molar-refractivity contribution >= 4 is 17.7 Å². The van der Waals surface area contributed by atoms with Gasteiger partial charge in [-0.15, -0.1) is 0 Å². The number of carbonyl (C=O) groups is 3. The van der Waals surface area contributed by atoms with E-state index in [0.29, 0.717) is 82.7 Å². The van der Waals surface area contributed by atoms with Crippen LogP contribution in [0.25, 0.3) is 0 Å². The number of rotatable bonds is 25. The molecule has 1 heterocycles. The molecule has 14 heteroatoms. The van der Waals surface area contributed by atoms with Crippen LogP contribution in [0.15, 0.2) is 12.2 Å². The molecule has 1 atom stereocenters. The molecule has 0 radical (unpaired) electrons. The van der Waals surface area contributed by atoms with Gasteiger partial charge >= 0.3 is 0 Å². The number of amides is 3. The van der Waals surface area contributed by atoms with Crippen LogP contribution in [0.1, 0.15) is 13.3 Å². The maximum Gasteiger partial charge on any atom is 0.272 e. The first-order valence-corrected chi connectivity index (χ1v) is 12.2. The molecule has 0 aromatic carbocycles. The van der Waals surface area contributed by atoms with Gasteiger partial charge in [0.2, 0.25) is 5.91 Å². The molecule has 37 heavy (non-hydrogen) atoms. The predicted molar refractivity (Wildman–Crippen MR) is 127 cm³/mol. The molecule has 1 aliphatic rings. The number of hydrazine groups is 1. The van der Waals surface area contributed by atoms with Gasteiger partial charge in [-0.2, -0.15) is 5.01 Å². The zero-order valence-corrected chi connectivity index (χ0v) is 21.4. The molecule has 0 fully saturated rings. The summed E-state index contributed by atoms with van der Waals surface area (Å²) in [5.41, 5.74) is 0. The third-order valence-electron chi connectivity index (χ3n) is 4.58. The van der Waals surface area contributed by atoms with Gasteiger partial charge in [-0.05, 0) is 0 Å². The van der Waals surface area contributed by atoms with Crippen molar-refractivity contribution in [2.75, 3.05) is 99.1 Å². The van der Waals surface area contributed by atoms with Gasteiger partial charge in [-0.3, -0.25) is 14.4 Å². The molecule has 0 aromatic heterocycles. The van der Waals surface area contributed by atoms with Gasteiger partial charge in [0.25, 0.3) is 11.8 Å². The highest BCUT2D eigenvalue weighted by Gasteiger charge is 2.36. The van der Waals surface area contributed by atoms with Crippen LogP contribution >= 0.6 is 0 Å². The number of aliphatic hydroxyl groups excluding tert-OH is 2. The summed E-state index contributed by atoms with van der Waals surface area (Å²) in [6.45, 7) is 6.21. The predicted octanol–water partition coefficient (Wildman–Crippen LogP) is -1.51. The quantitative estimate of drug-likeness (QED) is 0.0789. The van der Waals surface area contributed by atoms with Crippen molar-refractivity contribution in [3.8, 4) is 0 Å². The van der Waals surface area contributed by atoms with E-state index in [2.05, 4.69) is 0 Å². The number of aliphatic hydroxyl groups is 2. The summed E-state index contributed by atoms with van der Waals surface area (Å²) in [5.74, 6) is -1.99. The second-order valence-electron chi connectivity index (χ2n) is 7.37. The van der Waals surface area contributed by atoms with Crippen molar-refractivity contribution in [3.63, 3.8) is 0 Å². The van der Waals surface area contributed by atoms with E-state index in [1.807, 2.05) is 0 Å². The van der Waals surface area contributed by atoms with Crippen LogP contribution in [-0.4, -0.2) is 143 Å². The monoisotopic (exact) mass is 536 g/mol. The summed E-state index contributed by atoms with van der Waals surface area (Å²) >= 11 is 0. The highest BCUT2D eigenvalue weighted by atomic mass is 16.6. The van der Waals surface area contributed by atoms with Gasteiger partial charge < -0.3 is 43.4 Å². The fourth-order valence-electron chi connectivity index (χ4n) is 2.82. The van der Waals surface area contributed by atoms with Crippen molar-refractivity contribution in [1.29, 1.82) is 0 Å². The minimum absolute atomic E-state index is 0.00384. The highest BCUT2D eigenvalue weighted by Crippen LogP contribution is 2.13. The summed E-state index contributed by atoms with van der Waals surface area (Å²) in [6, 6.07) is 0. The van der Waals surface area contributed by atoms with Crippen molar-refractivity contribution < 1.29 is 57.8 Å². The molecule has 2 N–H and O–H groups in total. The smallest absolute Gasteiger partial charge is 0.272 e. The minimum atomic E-state index is -1.50. The SMILES string of the molecule is CCC(=O)N(C(O)COCCOCCOCCOCCOCCOCCOCCO)N1C(=O)C=CC1=O. The zero-order valence-electron chi connectivity index (χ0n) is 21.4. The largest absolute Gasteiger partial charge is 0.394 e. The second-order valence-corrected chi connectivity index (χ2v) is 7.37. The topological polar surface area (TPSA) is 163 Å². The summed E-state index contributed by atoms with van der Waals surface area (Å²) in [7, 11) is 0. The summed E-state index contributed by atoms with van der Waals surface area (Å²) < 4.78 is 37.1. The number of imide groups is 1. The molecular weight excluding hydrogens is 496 g/mol. The van der Waals surface area contributed by atoms with Gasteiger partial charge in [0.1, 0.15) is 0 Å². The molecule has 1 aliphatic heterocycles. The van der Waals surface area contributed by atoms with E-state index < -0.39 is 23.9 Å². The molecule has 14 nitrogen and oxygen atoms in total. The maximum atomic E-state index is 12.1. The van der Waals surface area contributed by atoms with Gasteiger partial charge in [0, 0.05) is 18.6 Å². The van der Waals surface area contributed by atoms with Crippen LogP contribution < -0.4 is 0 Å². The van der Waals surface area contributed by atoms with Gasteiger partial charge in [0.05, 0.1) is 99.1 Å². The average molecular weight is 537 g/mol. The Labute approximate surface area is 216 Å². The summed E-state index contributed by atoms with van der Waals surface area (Å²) in [4.78, 5) is 35.8. The third-order valence-corrected chi connectivity index (χ3v) is 4.58. The Kier molecular flexibility index (Phi) is 19.6. The number of carbonyl (C=O) groups excluding carboxylic acids is 3. The Morgan fingerprint density at radius 1 is 0.730 bits per heavy atom. The molecule has 0 aromatic rings. The van der Waals surface area contributed by atoms with Crippen LogP contribution in [-0.2, 0) is 47.5 Å². The second kappa shape index (κ2) is 22.0. The maximum absolute atomic E-state index is 12.1. The van der Waals surface area contributed by atoms with E-state index in [0.717, 1.165) is 12.2 Å². The molecule has 1 unspecified atom stereocenters. The number of ether oxygens (including phenoxy) is 7. The van der Waals surface area contributed by atoms with Crippen LogP contribution in [0.4, 0.5) is 0 Å². The van der Waals surface area contributed by atoms with Gasteiger partial charge in [-0.25, -0.2) is 5.01 Å². The van der Waals surface area contributed by atoms with Crippen LogP contribution in [0.3, 0.4) is 0 Å². The molecular formula is C23H40N2O12. The lowest BCUT2D eigenvalue weighted by Crippen LogP contribution is -2.56. The van der Waals surface area contributed by atoms with Crippen molar-refractivity contribution in [1.82, 2.24) is 10.0 Å². The van der Waals surface area contributed by atoms with E-state index in [1.54, 1.807) is 6.92 Å². The lowest BCUT2D eigenvalue weighted by Gasteiger charge is -2.33. The molecule has 0 spiro atoms. The van der Waals surface area contributed by atoms with Crippen LogP contribution in [0, 0.1) is 0 Å². The van der Waals surface area contributed by atoms with E-state index in [1.165, 1.54) is 0 Å². The number of hydrogen-bond acceptors (Lipinski definition) is 12. The Balaban J connectivity index is 1.91. The third kappa shape index (κ3) is 15.1. The molecule has 0 bridgehead atoms. The first-order valence-electron chi connectivity index (χ1n) is 12.2. The van der Waals surface area contributed by atoms with Crippen molar-refractivity contribution in [2.24, 2.45) is 0 Å². The Hall–Kier alpha value is -2.01. The molecule has 0 saturated carbocycles. The average Bonchev–Trinajstić information content (AvgIpc) is 3.22. The zero-order chi connectivity index (χ0) is 27.1. The van der Waals surface area contributed by atoms with E-state index in [-0.39, 0.29) is 32.8 Å². The van der Waals surface area contributed by atoms with E-state index in [9.17, 15) is 19.5 Å². The molecule has 1 rings (SSSR count). The first-order chi connectivity index (χ1) is 18.0. The highest BCUT2D eigenvalue weighted by molar-refractivity contribution is 6.13. The molecule has 214 valence electrons. The van der Waals surface area contributed by atoms with Crippen LogP contribution in [0.2, 0.25) is 0 Å². The Bertz CT molecular complexity index is 646. The fraction of sp³-hybridized carbons (Fsp3) is 0.783. The standard InChI is InChI=1S/C23H40N2O12/c1-2-20(27)24(25-21(28)3-4-22(25)29)23(30)19-37-18-17-36-16-15-35-14-13-34-12-11-33-10-9-32-8-7-31-6-5-26/h3-4,23,26,30H,2,5-19H2,1H3. The molecule has 0 saturated heterocycles. The lowest BCUT2D eigenvalue weighted by molar-refractivity contribution is -0.192. The minimum Gasteiger partial charge on any atom is -0.394 e. The van der Waals surface area contributed by atoms with E-state index in [4.69, 9.17) is 38.3 Å².